The summed E-state index contributed by atoms with van der Waals surface area (Å²) in [5.41, 5.74) is 1.69. The van der Waals surface area contributed by atoms with Crippen molar-refractivity contribution in [2.75, 3.05) is 40.3 Å². The Kier molecular flexibility index (Phi) is 6.39. The van der Waals surface area contributed by atoms with Crippen molar-refractivity contribution >= 4 is 21.9 Å². The number of likely N-dealkylation sites (tertiary alicyclic amines) is 1. The van der Waals surface area contributed by atoms with Gasteiger partial charge in [0.2, 0.25) is 0 Å². The molecule has 2 N–H and O–H groups in total. The fraction of sp³-hybridized carbons (Fsp3) is 0.650. The fourth-order valence-corrected chi connectivity index (χ4v) is 4.59. The molecule has 0 aromatic heterocycles. The normalized spacial score (nSPS) is 23.8. The van der Waals surface area contributed by atoms with Gasteiger partial charge in [-0.25, -0.2) is 0 Å². The molecule has 25 heavy (non-hydrogen) atoms. The minimum absolute atomic E-state index is 0.242. The number of aliphatic imine (C=N–C) groups is 1. The molecule has 1 aliphatic carbocycles. The highest BCUT2D eigenvalue weighted by molar-refractivity contribution is 9.10. The summed E-state index contributed by atoms with van der Waals surface area (Å²) in [5, 5.41) is 7.15. The van der Waals surface area contributed by atoms with Gasteiger partial charge in [0.25, 0.3) is 0 Å². The largest absolute Gasteiger partial charge is 0.356 e. The van der Waals surface area contributed by atoms with Crippen molar-refractivity contribution < 1.29 is 0 Å². The maximum atomic E-state index is 4.44. The highest BCUT2D eigenvalue weighted by atomic mass is 79.9. The van der Waals surface area contributed by atoms with Gasteiger partial charge in [-0.2, -0.15) is 0 Å². The molecule has 0 spiro atoms. The van der Waals surface area contributed by atoms with Crippen molar-refractivity contribution in [2.45, 2.75) is 37.5 Å². The van der Waals surface area contributed by atoms with Gasteiger partial charge in [0.1, 0.15) is 0 Å². The van der Waals surface area contributed by atoms with Crippen LogP contribution in [0.15, 0.2) is 33.7 Å². The van der Waals surface area contributed by atoms with E-state index in [-0.39, 0.29) is 5.41 Å². The predicted molar refractivity (Wildman–Crippen MR) is 109 cm³/mol. The van der Waals surface area contributed by atoms with E-state index in [0.717, 1.165) is 29.4 Å². The first-order valence-electron chi connectivity index (χ1n) is 9.50. The Morgan fingerprint density at radius 2 is 1.96 bits per heavy atom. The third-order valence-corrected chi connectivity index (χ3v) is 6.41. The summed E-state index contributed by atoms with van der Waals surface area (Å²) >= 11 is 3.55. The molecule has 1 aliphatic heterocycles. The Balaban J connectivity index is 1.57. The highest BCUT2D eigenvalue weighted by Crippen LogP contribution is 2.40. The molecular formula is C20H31BrN4. The number of benzene rings is 1. The van der Waals surface area contributed by atoms with Gasteiger partial charge in [-0.05, 0) is 56.5 Å². The van der Waals surface area contributed by atoms with Crippen molar-refractivity contribution in [1.29, 1.82) is 0 Å². The van der Waals surface area contributed by atoms with Gasteiger partial charge in [-0.15, -0.1) is 0 Å². The summed E-state index contributed by atoms with van der Waals surface area (Å²) < 4.78 is 1.15. The Morgan fingerprint density at radius 1 is 1.24 bits per heavy atom. The first kappa shape index (κ1) is 18.7. The van der Waals surface area contributed by atoms with E-state index in [1.54, 1.807) is 0 Å². The van der Waals surface area contributed by atoms with Crippen LogP contribution < -0.4 is 10.6 Å². The zero-order valence-corrected chi connectivity index (χ0v) is 17.1. The van der Waals surface area contributed by atoms with Crippen LogP contribution in [-0.2, 0) is 5.41 Å². The van der Waals surface area contributed by atoms with Gasteiger partial charge in [0.15, 0.2) is 5.96 Å². The topological polar surface area (TPSA) is 39.7 Å². The first-order valence-corrected chi connectivity index (χ1v) is 10.3. The SMILES string of the molecule is CN=C(NCC1CCN(C)C1)NCC1(c2ccc(Br)cc2)CCCC1. The maximum absolute atomic E-state index is 4.44. The van der Waals surface area contributed by atoms with Gasteiger partial charge in [-0.3, -0.25) is 4.99 Å². The lowest BCUT2D eigenvalue weighted by atomic mass is 9.79. The molecule has 2 aliphatic rings. The molecule has 0 radical (unpaired) electrons. The second-order valence-corrected chi connectivity index (χ2v) is 8.63. The predicted octanol–water partition coefficient (Wildman–Crippen LogP) is 3.38. The van der Waals surface area contributed by atoms with E-state index >= 15 is 0 Å². The summed E-state index contributed by atoms with van der Waals surface area (Å²) in [4.78, 5) is 6.85. The molecule has 5 heteroatoms. The second-order valence-electron chi connectivity index (χ2n) is 7.72. The molecule has 2 fully saturated rings. The third-order valence-electron chi connectivity index (χ3n) is 5.88. The lowest BCUT2D eigenvalue weighted by Gasteiger charge is -2.31. The van der Waals surface area contributed by atoms with Crippen molar-refractivity contribution in [3.63, 3.8) is 0 Å². The molecule has 1 saturated heterocycles. The highest BCUT2D eigenvalue weighted by Gasteiger charge is 2.35. The van der Waals surface area contributed by atoms with Crippen LogP contribution in [-0.4, -0.2) is 51.1 Å². The van der Waals surface area contributed by atoms with Crippen LogP contribution in [0.25, 0.3) is 0 Å². The Morgan fingerprint density at radius 3 is 2.56 bits per heavy atom. The third kappa shape index (κ3) is 4.76. The van der Waals surface area contributed by atoms with Crippen LogP contribution in [0.3, 0.4) is 0 Å². The van der Waals surface area contributed by atoms with E-state index in [0.29, 0.717) is 0 Å². The maximum Gasteiger partial charge on any atom is 0.191 e. The number of nitrogens with zero attached hydrogens (tertiary/aromatic N) is 2. The van der Waals surface area contributed by atoms with Crippen molar-refractivity contribution in [3.05, 3.63) is 34.3 Å². The second kappa shape index (κ2) is 8.54. The van der Waals surface area contributed by atoms with Crippen LogP contribution in [0, 0.1) is 5.92 Å². The number of hydrogen-bond donors (Lipinski definition) is 2. The van der Waals surface area contributed by atoms with E-state index < -0.39 is 0 Å². The van der Waals surface area contributed by atoms with Gasteiger partial charge >= 0.3 is 0 Å². The van der Waals surface area contributed by atoms with E-state index in [2.05, 4.69) is 67.8 Å². The summed E-state index contributed by atoms with van der Waals surface area (Å²) in [6.07, 6.45) is 6.43. The molecule has 0 bridgehead atoms. The quantitative estimate of drug-likeness (QED) is 0.581. The molecule has 1 atom stereocenters. The smallest absolute Gasteiger partial charge is 0.191 e. The number of guanidine groups is 1. The molecule has 1 saturated carbocycles. The molecule has 1 aromatic rings. The molecule has 3 rings (SSSR count). The summed E-state index contributed by atoms with van der Waals surface area (Å²) in [7, 11) is 4.08. The van der Waals surface area contributed by atoms with Crippen molar-refractivity contribution in [2.24, 2.45) is 10.9 Å². The zero-order chi connectivity index (χ0) is 17.7. The minimum Gasteiger partial charge on any atom is -0.356 e. The molecule has 1 heterocycles. The summed E-state index contributed by atoms with van der Waals surface area (Å²) in [6, 6.07) is 8.89. The molecule has 1 unspecified atom stereocenters. The molecule has 138 valence electrons. The monoisotopic (exact) mass is 406 g/mol. The van der Waals surface area contributed by atoms with Gasteiger partial charge in [0, 0.05) is 36.6 Å². The fourth-order valence-electron chi connectivity index (χ4n) is 4.33. The van der Waals surface area contributed by atoms with Crippen LogP contribution in [0.5, 0.6) is 0 Å². The lowest BCUT2D eigenvalue weighted by Crippen LogP contribution is -2.46. The van der Waals surface area contributed by atoms with Crippen LogP contribution in [0.1, 0.15) is 37.7 Å². The van der Waals surface area contributed by atoms with Crippen molar-refractivity contribution in [3.8, 4) is 0 Å². The average Bonchev–Trinajstić information content (AvgIpc) is 3.25. The van der Waals surface area contributed by atoms with Crippen LogP contribution in [0.4, 0.5) is 0 Å². The van der Waals surface area contributed by atoms with E-state index in [9.17, 15) is 0 Å². The average molecular weight is 407 g/mol. The lowest BCUT2D eigenvalue weighted by molar-refractivity contribution is 0.393. The van der Waals surface area contributed by atoms with Gasteiger partial charge < -0.3 is 15.5 Å². The molecule has 0 amide bonds. The Hall–Kier alpha value is -1.07. The molecule has 4 nitrogen and oxygen atoms in total. The molecular weight excluding hydrogens is 376 g/mol. The van der Waals surface area contributed by atoms with Crippen molar-refractivity contribution in [1.82, 2.24) is 15.5 Å². The summed E-state index contributed by atoms with van der Waals surface area (Å²) in [5.74, 6) is 1.67. The van der Waals surface area contributed by atoms with E-state index in [4.69, 9.17) is 0 Å². The van der Waals surface area contributed by atoms with Crippen LogP contribution >= 0.6 is 15.9 Å². The van der Waals surface area contributed by atoms with Gasteiger partial charge in [0.05, 0.1) is 0 Å². The Bertz CT molecular complexity index is 578. The van der Waals surface area contributed by atoms with E-state index in [1.165, 1.54) is 50.8 Å². The zero-order valence-electron chi connectivity index (χ0n) is 15.5. The summed E-state index contributed by atoms with van der Waals surface area (Å²) in [6.45, 7) is 4.37. The first-order chi connectivity index (χ1) is 12.1. The van der Waals surface area contributed by atoms with Crippen LogP contribution in [0.2, 0.25) is 0 Å². The van der Waals surface area contributed by atoms with E-state index in [1.807, 2.05) is 7.05 Å². The molecule has 1 aromatic carbocycles. The van der Waals surface area contributed by atoms with Gasteiger partial charge in [-0.1, -0.05) is 40.9 Å². The standard InChI is InChI=1S/C20H31BrN4/c1-22-19(23-13-16-9-12-25(2)14-16)24-15-20(10-3-4-11-20)17-5-7-18(21)8-6-17/h5-8,16H,3-4,9-15H2,1-2H3,(H2,22,23,24). The number of halogens is 1. The Labute approximate surface area is 160 Å². The number of rotatable bonds is 5. The minimum atomic E-state index is 0.242. The number of hydrogen-bond acceptors (Lipinski definition) is 2. The number of nitrogens with one attached hydrogen (secondary N) is 2.